The minimum atomic E-state index is -0.322. The summed E-state index contributed by atoms with van der Waals surface area (Å²) in [4.78, 5) is 11.8. The van der Waals surface area contributed by atoms with Gasteiger partial charge < -0.3 is 10.5 Å². The lowest BCUT2D eigenvalue weighted by molar-refractivity contribution is 0.0948. The van der Waals surface area contributed by atoms with E-state index in [0.29, 0.717) is 0 Å². The number of hydrogen-bond donors (Lipinski definition) is 1. The SMILES string of the molecule is Cl.NC1CCc2cc3c(cc2C1=O)OCC3. The van der Waals surface area contributed by atoms with Gasteiger partial charge in [-0.25, -0.2) is 0 Å². The van der Waals surface area contributed by atoms with E-state index in [9.17, 15) is 4.79 Å². The molecular formula is C12H14ClNO2. The Morgan fingerprint density at radius 2 is 2.06 bits per heavy atom. The van der Waals surface area contributed by atoms with Gasteiger partial charge in [-0.15, -0.1) is 12.4 Å². The molecule has 3 nitrogen and oxygen atoms in total. The van der Waals surface area contributed by atoms with Crippen LogP contribution in [0.25, 0.3) is 0 Å². The molecule has 1 aromatic rings. The van der Waals surface area contributed by atoms with Crippen LogP contribution in [0.2, 0.25) is 0 Å². The molecule has 1 atom stereocenters. The summed E-state index contributed by atoms with van der Waals surface area (Å²) in [7, 11) is 0. The van der Waals surface area contributed by atoms with Gasteiger partial charge in [-0.05, 0) is 30.0 Å². The van der Waals surface area contributed by atoms with E-state index in [0.717, 1.165) is 42.7 Å². The zero-order valence-electron chi connectivity index (χ0n) is 8.86. The maximum atomic E-state index is 11.8. The molecule has 0 saturated heterocycles. The van der Waals surface area contributed by atoms with Crippen LogP contribution >= 0.6 is 12.4 Å². The first kappa shape index (κ1) is 11.4. The van der Waals surface area contributed by atoms with Crippen LogP contribution in [0.4, 0.5) is 0 Å². The Morgan fingerprint density at radius 3 is 2.88 bits per heavy atom. The minimum Gasteiger partial charge on any atom is -0.493 e. The highest BCUT2D eigenvalue weighted by Crippen LogP contribution is 2.32. The van der Waals surface area contributed by atoms with Crippen molar-refractivity contribution in [2.24, 2.45) is 5.73 Å². The molecule has 2 aliphatic rings. The van der Waals surface area contributed by atoms with E-state index < -0.39 is 0 Å². The third-order valence-corrected chi connectivity index (χ3v) is 3.24. The van der Waals surface area contributed by atoms with Crippen molar-refractivity contribution in [3.05, 3.63) is 28.8 Å². The number of hydrogen-bond acceptors (Lipinski definition) is 3. The van der Waals surface area contributed by atoms with Crippen molar-refractivity contribution in [1.82, 2.24) is 0 Å². The van der Waals surface area contributed by atoms with E-state index in [-0.39, 0.29) is 24.2 Å². The quantitative estimate of drug-likeness (QED) is 0.747. The predicted molar refractivity (Wildman–Crippen MR) is 63.5 cm³/mol. The molecule has 2 N–H and O–H groups in total. The average molecular weight is 240 g/mol. The van der Waals surface area contributed by atoms with Crippen LogP contribution in [0.3, 0.4) is 0 Å². The third-order valence-electron chi connectivity index (χ3n) is 3.24. The van der Waals surface area contributed by atoms with Crippen molar-refractivity contribution in [1.29, 1.82) is 0 Å². The van der Waals surface area contributed by atoms with Gasteiger partial charge in [0.2, 0.25) is 0 Å². The fourth-order valence-corrected chi connectivity index (χ4v) is 2.35. The number of benzene rings is 1. The van der Waals surface area contributed by atoms with E-state index in [1.54, 1.807) is 0 Å². The van der Waals surface area contributed by atoms with Crippen molar-refractivity contribution >= 4 is 18.2 Å². The molecule has 16 heavy (non-hydrogen) atoms. The number of nitrogens with two attached hydrogens (primary N) is 1. The van der Waals surface area contributed by atoms with E-state index in [2.05, 4.69) is 6.07 Å². The number of rotatable bonds is 0. The standard InChI is InChI=1S/C12H13NO2.ClH/c13-10-2-1-7-5-8-3-4-15-11(8)6-9(7)12(10)14;/h5-6,10H,1-4,13H2;1H. The number of Topliss-reactive ketones (excluding diaryl/α,β-unsaturated/α-hetero) is 1. The van der Waals surface area contributed by atoms with Crippen LogP contribution < -0.4 is 10.5 Å². The second-order valence-corrected chi connectivity index (χ2v) is 4.22. The fraction of sp³-hybridized carbons (Fsp3) is 0.417. The van der Waals surface area contributed by atoms with Gasteiger partial charge >= 0.3 is 0 Å². The fourth-order valence-electron chi connectivity index (χ4n) is 2.35. The molecule has 4 heteroatoms. The van der Waals surface area contributed by atoms with Crippen molar-refractivity contribution in [2.45, 2.75) is 25.3 Å². The summed E-state index contributed by atoms with van der Waals surface area (Å²) in [6.07, 6.45) is 2.64. The summed E-state index contributed by atoms with van der Waals surface area (Å²) in [6.45, 7) is 0.735. The van der Waals surface area contributed by atoms with Gasteiger partial charge in [0.05, 0.1) is 12.6 Å². The second-order valence-electron chi connectivity index (χ2n) is 4.22. The Hall–Kier alpha value is -1.06. The molecule has 1 aliphatic carbocycles. The van der Waals surface area contributed by atoms with Crippen molar-refractivity contribution < 1.29 is 9.53 Å². The molecular weight excluding hydrogens is 226 g/mol. The lowest BCUT2D eigenvalue weighted by Crippen LogP contribution is -2.35. The molecule has 0 bridgehead atoms. The molecule has 0 fully saturated rings. The normalized spacial score (nSPS) is 21.8. The van der Waals surface area contributed by atoms with Gasteiger partial charge in [-0.1, -0.05) is 6.07 Å². The number of ether oxygens (including phenoxy) is 1. The first-order valence-electron chi connectivity index (χ1n) is 5.34. The van der Waals surface area contributed by atoms with E-state index >= 15 is 0 Å². The molecule has 86 valence electrons. The highest BCUT2D eigenvalue weighted by atomic mass is 35.5. The Balaban J connectivity index is 0.000000963. The molecule has 0 radical (unpaired) electrons. The summed E-state index contributed by atoms with van der Waals surface area (Å²) < 4.78 is 5.46. The van der Waals surface area contributed by atoms with Crippen LogP contribution in [-0.2, 0) is 12.8 Å². The summed E-state index contributed by atoms with van der Waals surface area (Å²) in [5.74, 6) is 0.936. The van der Waals surface area contributed by atoms with Crippen molar-refractivity contribution in [3.63, 3.8) is 0 Å². The Labute approximate surface area is 100 Å². The van der Waals surface area contributed by atoms with Gasteiger partial charge in [0.1, 0.15) is 5.75 Å². The third kappa shape index (κ3) is 1.60. The number of ketones is 1. The van der Waals surface area contributed by atoms with Crippen LogP contribution in [-0.4, -0.2) is 18.4 Å². The van der Waals surface area contributed by atoms with E-state index in [1.807, 2.05) is 6.07 Å². The molecule has 1 heterocycles. The Kier molecular flexibility index (Phi) is 2.91. The number of aryl methyl sites for hydroxylation is 1. The van der Waals surface area contributed by atoms with Crippen LogP contribution in [0.15, 0.2) is 12.1 Å². The van der Waals surface area contributed by atoms with Crippen LogP contribution in [0.5, 0.6) is 5.75 Å². The summed E-state index contributed by atoms with van der Waals surface area (Å²) >= 11 is 0. The number of carbonyl (C=O) groups excluding carboxylic acids is 1. The van der Waals surface area contributed by atoms with Gasteiger partial charge in [0.25, 0.3) is 0 Å². The van der Waals surface area contributed by atoms with Crippen molar-refractivity contribution in [3.8, 4) is 5.75 Å². The van der Waals surface area contributed by atoms with Gasteiger partial charge in [0.15, 0.2) is 5.78 Å². The number of fused-ring (bicyclic) bond motifs is 2. The number of carbonyl (C=O) groups is 1. The lowest BCUT2D eigenvalue weighted by atomic mass is 9.86. The first-order valence-corrected chi connectivity index (χ1v) is 5.34. The Morgan fingerprint density at radius 1 is 1.25 bits per heavy atom. The number of halogens is 1. The van der Waals surface area contributed by atoms with E-state index in [1.165, 1.54) is 5.56 Å². The average Bonchev–Trinajstić information content (AvgIpc) is 2.68. The highest BCUT2D eigenvalue weighted by Gasteiger charge is 2.27. The maximum absolute atomic E-state index is 11.8. The second kappa shape index (κ2) is 4.07. The zero-order valence-corrected chi connectivity index (χ0v) is 9.68. The first-order chi connectivity index (χ1) is 7.25. The molecule has 1 unspecified atom stereocenters. The molecule has 1 aromatic carbocycles. The molecule has 0 aromatic heterocycles. The van der Waals surface area contributed by atoms with E-state index in [4.69, 9.17) is 10.5 Å². The minimum absolute atomic E-state index is 0. The lowest BCUT2D eigenvalue weighted by Gasteiger charge is -2.20. The molecule has 0 spiro atoms. The topological polar surface area (TPSA) is 52.3 Å². The predicted octanol–water partition coefficient (Wildman–Crippen LogP) is 1.50. The largest absolute Gasteiger partial charge is 0.493 e. The summed E-state index contributed by atoms with van der Waals surface area (Å²) in [6, 6.07) is 3.66. The smallest absolute Gasteiger partial charge is 0.179 e. The van der Waals surface area contributed by atoms with Gasteiger partial charge in [-0.3, -0.25) is 4.79 Å². The van der Waals surface area contributed by atoms with Crippen LogP contribution in [0, 0.1) is 0 Å². The maximum Gasteiger partial charge on any atom is 0.179 e. The monoisotopic (exact) mass is 239 g/mol. The highest BCUT2D eigenvalue weighted by molar-refractivity contribution is 6.02. The molecule has 3 rings (SSSR count). The van der Waals surface area contributed by atoms with Gasteiger partial charge in [-0.2, -0.15) is 0 Å². The Bertz CT molecular complexity index is 445. The van der Waals surface area contributed by atoms with Crippen molar-refractivity contribution in [2.75, 3.05) is 6.61 Å². The summed E-state index contributed by atoms with van der Waals surface area (Å²) in [5, 5.41) is 0. The summed E-state index contributed by atoms with van der Waals surface area (Å²) in [5.41, 5.74) is 8.90. The molecule has 1 aliphatic heterocycles. The van der Waals surface area contributed by atoms with Gasteiger partial charge in [0, 0.05) is 12.0 Å². The van der Waals surface area contributed by atoms with Crippen LogP contribution in [0.1, 0.15) is 27.9 Å². The molecule has 0 amide bonds. The zero-order chi connectivity index (χ0) is 10.4. The molecule has 0 saturated carbocycles.